The predicted octanol–water partition coefficient (Wildman–Crippen LogP) is 1.45. The quantitative estimate of drug-likeness (QED) is 0.119. The van der Waals surface area contributed by atoms with Crippen molar-refractivity contribution in [3.8, 4) is 0 Å². The minimum atomic E-state index is -2.09. The van der Waals surface area contributed by atoms with Crippen LogP contribution in [0.4, 0.5) is 0 Å². The molecule has 51 heavy (non-hydrogen) atoms. The summed E-state index contributed by atoms with van der Waals surface area (Å²) in [6, 6.07) is 0. The lowest BCUT2D eigenvalue weighted by Crippen LogP contribution is -2.64. The fourth-order valence-corrected chi connectivity index (χ4v) is 10.3. The van der Waals surface area contributed by atoms with Crippen LogP contribution in [0.2, 0.25) is 0 Å². The molecule has 6 N–H and O–H groups in total. The molecule has 0 amide bonds. The van der Waals surface area contributed by atoms with Crippen LogP contribution in [-0.4, -0.2) is 109 Å². The van der Waals surface area contributed by atoms with Crippen LogP contribution in [0, 0.1) is 39.4 Å². The van der Waals surface area contributed by atoms with Crippen molar-refractivity contribution in [1.29, 1.82) is 0 Å². The lowest BCUT2D eigenvalue weighted by molar-refractivity contribution is -0.291. The lowest BCUT2D eigenvalue weighted by Gasteiger charge is -2.63. The highest BCUT2D eigenvalue weighted by molar-refractivity contribution is 6.02. The van der Waals surface area contributed by atoms with Gasteiger partial charge in [-0.25, -0.2) is 0 Å². The molecule has 0 aromatic carbocycles. The Morgan fingerprint density at radius 2 is 1.63 bits per heavy atom. The Morgan fingerprint density at radius 1 is 1.00 bits per heavy atom. The largest absolute Gasteiger partial charge is 0.459 e. The molecule has 2 saturated carbocycles. The maximum atomic E-state index is 14.8. The minimum absolute atomic E-state index is 0.0841. The Bertz CT molecular complexity index is 1570. The monoisotopic (exact) mass is 718 g/mol. The highest BCUT2D eigenvalue weighted by Gasteiger charge is 2.74. The first-order valence-electron chi connectivity index (χ1n) is 17.6. The summed E-state index contributed by atoms with van der Waals surface area (Å²) in [5, 5.41) is 64.6. The molecule has 0 bridgehead atoms. The molecule has 13 nitrogen and oxygen atoms in total. The summed E-state index contributed by atoms with van der Waals surface area (Å²) >= 11 is 0. The number of Topliss-reactive ketones (excluding diaryl/α,β-unsaturated/α-hetero) is 2. The fraction of sp³-hybridized carbons (Fsp3) is 0.737. The van der Waals surface area contributed by atoms with Crippen LogP contribution in [0.5, 0.6) is 0 Å². The van der Waals surface area contributed by atoms with E-state index < -0.39 is 112 Å². The smallest absolute Gasteiger partial charge is 0.303 e. The van der Waals surface area contributed by atoms with Gasteiger partial charge in [0, 0.05) is 30.6 Å². The first kappa shape index (κ1) is 39.4. The summed E-state index contributed by atoms with van der Waals surface area (Å²) in [6.45, 7) is 14.2. The molecule has 5 rings (SSSR count). The van der Waals surface area contributed by atoms with Gasteiger partial charge in [-0.05, 0) is 82.4 Å². The number of aliphatic hydroxyl groups is 6. The number of ketones is 3. The molecule has 0 unspecified atom stereocenters. The van der Waals surface area contributed by atoms with Crippen LogP contribution in [0.15, 0.2) is 35.6 Å². The maximum absolute atomic E-state index is 14.8. The van der Waals surface area contributed by atoms with Crippen LogP contribution in [0.3, 0.4) is 0 Å². The summed E-state index contributed by atoms with van der Waals surface area (Å²) in [6.07, 6.45) is -2.57. The maximum Gasteiger partial charge on any atom is 0.303 e. The molecule has 1 heterocycles. The molecular formula is C38H54O13. The number of hydrogen-bond acceptors (Lipinski definition) is 13. The number of hydrogen-bond donors (Lipinski definition) is 6. The Kier molecular flexibility index (Phi) is 9.80. The van der Waals surface area contributed by atoms with Crippen molar-refractivity contribution in [1.82, 2.24) is 0 Å². The van der Waals surface area contributed by atoms with Crippen molar-refractivity contribution in [3.05, 3.63) is 35.6 Å². The van der Waals surface area contributed by atoms with Crippen molar-refractivity contribution in [3.63, 3.8) is 0 Å². The van der Waals surface area contributed by atoms with Crippen molar-refractivity contribution in [2.75, 3.05) is 6.61 Å². The molecule has 0 aromatic heterocycles. The second-order valence-corrected chi connectivity index (χ2v) is 17.2. The van der Waals surface area contributed by atoms with Crippen molar-refractivity contribution < 1.29 is 64.0 Å². The van der Waals surface area contributed by atoms with Crippen LogP contribution in [0.1, 0.15) is 81.6 Å². The van der Waals surface area contributed by atoms with Crippen LogP contribution in [0.25, 0.3) is 0 Å². The number of carbonyl (C=O) groups is 4. The van der Waals surface area contributed by atoms with Gasteiger partial charge in [-0.15, -0.1) is 0 Å². The number of ether oxygens (including phenoxy) is 3. The van der Waals surface area contributed by atoms with Crippen LogP contribution < -0.4 is 0 Å². The Balaban J connectivity index is 1.52. The third kappa shape index (κ3) is 5.87. The average Bonchev–Trinajstić information content (AvgIpc) is 3.22. The van der Waals surface area contributed by atoms with Gasteiger partial charge in [0.15, 0.2) is 11.5 Å². The Labute approximate surface area is 298 Å². The fourth-order valence-electron chi connectivity index (χ4n) is 10.3. The molecule has 13 atom stereocenters. The van der Waals surface area contributed by atoms with Gasteiger partial charge in [0.25, 0.3) is 0 Å². The van der Waals surface area contributed by atoms with Gasteiger partial charge in [-0.1, -0.05) is 32.4 Å². The molecule has 0 radical (unpaired) electrons. The van der Waals surface area contributed by atoms with Crippen molar-refractivity contribution >= 4 is 23.3 Å². The Hall–Kier alpha value is -2.78. The molecule has 0 spiro atoms. The number of allylic oxidation sites excluding steroid dienone is 4. The van der Waals surface area contributed by atoms with Gasteiger partial charge in [0.05, 0.1) is 18.1 Å². The van der Waals surface area contributed by atoms with Gasteiger partial charge < -0.3 is 44.8 Å². The standard InChI is InChI=1S/C38H54O13/c1-18(40)51-33(2,3)13-12-25(42)38(9,48)30-21(41)15-35(6)24-11-10-19-20(37(24,8)26(43)16-36(30,35)7)14-22(31(47)34(19,4)5)49-32-29(46)28(45)27(44)23(17-39)50-32/h10,12-14,20-21,23-24,27-30,32,39,41,44-46,48H,11,15-17H2,1-9H3/b13-12+/t20-,21-,23-,24+,27-,28+,29-,30+,32-,35+,36-,37+,38+/m1/s1. The molecule has 0 aromatic rings. The molecule has 5 aliphatic rings. The predicted molar refractivity (Wildman–Crippen MR) is 180 cm³/mol. The summed E-state index contributed by atoms with van der Waals surface area (Å²) in [4.78, 5) is 53.9. The van der Waals surface area contributed by atoms with Gasteiger partial charge in [-0.2, -0.15) is 0 Å². The zero-order valence-electron chi connectivity index (χ0n) is 30.9. The van der Waals surface area contributed by atoms with E-state index in [9.17, 15) is 49.8 Å². The van der Waals surface area contributed by atoms with E-state index in [4.69, 9.17) is 14.2 Å². The molecular weight excluding hydrogens is 664 g/mol. The third-order valence-electron chi connectivity index (χ3n) is 13.3. The zero-order chi connectivity index (χ0) is 38.4. The molecule has 1 saturated heterocycles. The highest BCUT2D eigenvalue weighted by atomic mass is 16.7. The van der Waals surface area contributed by atoms with Crippen LogP contribution >= 0.6 is 0 Å². The number of fused-ring (bicyclic) bond motifs is 5. The summed E-state index contributed by atoms with van der Waals surface area (Å²) in [7, 11) is 0. The third-order valence-corrected chi connectivity index (χ3v) is 13.3. The topological polar surface area (TPSA) is 217 Å². The van der Waals surface area contributed by atoms with E-state index in [-0.39, 0.29) is 24.4 Å². The number of carbonyl (C=O) groups excluding carboxylic acids is 4. The molecule has 3 fully saturated rings. The van der Waals surface area contributed by atoms with E-state index >= 15 is 0 Å². The van der Waals surface area contributed by atoms with Gasteiger partial charge in [0.1, 0.15) is 41.4 Å². The summed E-state index contributed by atoms with van der Waals surface area (Å²) < 4.78 is 16.7. The van der Waals surface area contributed by atoms with E-state index in [2.05, 4.69) is 0 Å². The van der Waals surface area contributed by atoms with Gasteiger partial charge >= 0.3 is 5.97 Å². The molecule has 1 aliphatic heterocycles. The highest BCUT2D eigenvalue weighted by Crippen LogP contribution is 2.73. The summed E-state index contributed by atoms with van der Waals surface area (Å²) in [5.74, 6) is -4.17. The molecule has 284 valence electrons. The lowest BCUT2D eigenvalue weighted by atomic mass is 9.39. The number of esters is 1. The number of aliphatic hydroxyl groups excluding tert-OH is 5. The van der Waals surface area contributed by atoms with E-state index in [1.165, 1.54) is 19.9 Å². The SMILES string of the molecule is CC(=O)OC(C)(C)/C=C/C(=O)[C@](C)(O)[C@H]1[C@H](O)C[C@@]2(C)[C@@H]3CC=C4[C@@H](C=C(O[C@@H]5O[C@H](CO)[C@@H](O)[C@H](O)[C@H]5O)C(=O)C4(C)C)[C@]3(C)C(=O)C[C@]12C. The minimum Gasteiger partial charge on any atom is -0.459 e. The average molecular weight is 719 g/mol. The van der Waals surface area contributed by atoms with Gasteiger partial charge in [0.2, 0.25) is 12.1 Å². The number of rotatable bonds is 8. The Morgan fingerprint density at radius 3 is 2.22 bits per heavy atom. The molecule has 4 aliphatic carbocycles. The van der Waals surface area contributed by atoms with Crippen LogP contribution in [-0.2, 0) is 33.4 Å². The molecule has 13 heteroatoms. The van der Waals surface area contributed by atoms with Gasteiger partial charge in [-0.3, -0.25) is 19.2 Å². The van der Waals surface area contributed by atoms with E-state index in [1.807, 2.05) is 26.8 Å². The first-order chi connectivity index (χ1) is 23.3. The first-order valence-corrected chi connectivity index (χ1v) is 17.6. The summed E-state index contributed by atoms with van der Waals surface area (Å²) in [5.41, 5.74) is -6.62. The zero-order valence-corrected chi connectivity index (χ0v) is 30.9. The normalized spacial score (nSPS) is 43.3. The van der Waals surface area contributed by atoms with E-state index in [1.54, 1.807) is 33.8 Å². The van der Waals surface area contributed by atoms with E-state index in [0.29, 0.717) is 12.0 Å². The van der Waals surface area contributed by atoms with Crippen molar-refractivity contribution in [2.24, 2.45) is 39.4 Å². The second-order valence-electron chi connectivity index (χ2n) is 17.2. The van der Waals surface area contributed by atoms with E-state index in [0.717, 1.165) is 6.08 Å². The second kappa shape index (κ2) is 12.7. The van der Waals surface area contributed by atoms with Crippen molar-refractivity contribution in [2.45, 2.75) is 130 Å².